The summed E-state index contributed by atoms with van der Waals surface area (Å²) in [6.07, 6.45) is -8.85. The van der Waals surface area contributed by atoms with Gasteiger partial charge in [-0.05, 0) is 0 Å². The van der Waals surface area contributed by atoms with E-state index in [1.807, 2.05) is 0 Å². The molecule has 0 aliphatic carbocycles. The van der Waals surface area contributed by atoms with Gasteiger partial charge in [0.05, 0.1) is 5.56 Å². The van der Waals surface area contributed by atoms with Crippen LogP contribution in [0.4, 0.5) is 30.7 Å². The maximum absolute atomic E-state index is 12.8. The van der Waals surface area contributed by atoms with Gasteiger partial charge in [0, 0.05) is 12.1 Å². The molecule has 16 heavy (non-hydrogen) atoms. The predicted octanol–water partition coefficient (Wildman–Crippen LogP) is 3.80. The van der Waals surface area contributed by atoms with E-state index in [1.54, 1.807) is 0 Å². The van der Waals surface area contributed by atoms with Gasteiger partial charge in [0.25, 0.3) is 6.43 Å². The molecule has 0 bridgehead atoms. The van der Waals surface area contributed by atoms with Crippen LogP contribution in [0.25, 0.3) is 0 Å². The van der Waals surface area contributed by atoms with Crippen molar-refractivity contribution in [3.8, 4) is 5.75 Å². The van der Waals surface area contributed by atoms with Gasteiger partial charge in [0.2, 0.25) is 0 Å². The van der Waals surface area contributed by atoms with E-state index in [-0.39, 0.29) is 12.1 Å². The molecule has 0 heterocycles. The minimum atomic E-state index is -5.30. The SMILES string of the molecule is Fc1cc(F)c(C(F)F)c(OC(F)(F)F)c1. The van der Waals surface area contributed by atoms with Crippen molar-refractivity contribution in [2.45, 2.75) is 12.8 Å². The number of ether oxygens (including phenoxy) is 1. The Bertz CT molecular complexity index is 385. The lowest BCUT2D eigenvalue weighted by molar-refractivity contribution is -0.275. The Balaban J connectivity index is 3.24. The molecular weight excluding hydrogens is 245 g/mol. The van der Waals surface area contributed by atoms with Crippen LogP contribution in [-0.2, 0) is 0 Å². The van der Waals surface area contributed by atoms with E-state index in [2.05, 4.69) is 4.74 Å². The lowest BCUT2D eigenvalue weighted by Gasteiger charge is -2.13. The molecule has 0 unspecified atom stereocenters. The molecule has 0 amide bonds. The summed E-state index contributed by atoms with van der Waals surface area (Å²) in [5, 5.41) is 0. The molecule has 0 fully saturated rings. The van der Waals surface area contributed by atoms with Crippen molar-refractivity contribution in [2.75, 3.05) is 0 Å². The van der Waals surface area contributed by atoms with E-state index in [1.165, 1.54) is 0 Å². The highest BCUT2D eigenvalue weighted by atomic mass is 19.4. The maximum atomic E-state index is 12.8. The third-order valence-corrected chi connectivity index (χ3v) is 1.50. The molecule has 0 aliphatic heterocycles. The molecule has 0 saturated heterocycles. The number of alkyl halides is 5. The van der Waals surface area contributed by atoms with Crippen molar-refractivity contribution >= 4 is 0 Å². The van der Waals surface area contributed by atoms with Crippen LogP contribution < -0.4 is 4.74 Å². The van der Waals surface area contributed by atoms with Crippen molar-refractivity contribution in [2.24, 2.45) is 0 Å². The minimum Gasteiger partial charge on any atom is -0.405 e. The topological polar surface area (TPSA) is 9.23 Å². The van der Waals surface area contributed by atoms with E-state index >= 15 is 0 Å². The average Bonchev–Trinajstić information content (AvgIpc) is 1.96. The Hall–Kier alpha value is -1.47. The lowest BCUT2D eigenvalue weighted by atomic mass is 10.2. The first kappa shape index (κ1) is 12.6. The van der Waals surface area contributed by atoms with Crippen molar-refractivity contribution in [1.82, 2.24) is 0 Å². The first-order chi connectivity index (χ1) is 7.20. The highest BCUT2D eigenvalue weighted by Crippen LogP contribution is 2.35. The van der Waals surface area contributed by atoms with Crippen LogP contribution in [0.2, 0.25) is 0 Å². The molecule has 1 aromatic carbocycles. The van der Waals surface area contributed by atoms with Crippen molar-refractivity contribution < 1.29 is 35.5 Å². The summed E-state index contributed by atoms with van der Waals surface area (Å²) in [7, 11) is 0. The molecule has 0 saturated carbocycles. The highest BCUT2D eigenvalue weighted by Gasteiger charge is 2.34. The van der Waals surface area contributed by atoms with Crippen molar-refractivity contribution in [3.05, 3.63) is 29.3 Å². The van der Waals surface area contributed by atoms with Gasteiger partial charge in [0.1, 0.15) is 17.4 Å². The third-order valence-electron chi connectivity index (χ3n) is 1.50. The van der Waals surface area contributed by atoms with Gasteiger partial charge in [-0.15, -0.1) is 13.2 Å². The van der Waals surface area contributed by atoms with E-state index in [0.29, 0.717) is 0 Å². The smallest absolute Gasteiger partial charge is 0.405 e. The highest BCUT2D eigenvalue weighted by molar-refractivity contribution is 5.36. The summed E-state index contributed by atoms with van der Waals surface area (Å²) in [5.41, 5.74) is -1.63. The molecule has 0 aliphatic rings. The van der Waals surface area contributed by atoms with Gasteiger partial charge in [-0.1, -0.05) is 0 Å². The zero-order chi connectivity index (χ0) is 12.5. The number of benzene rings is 1. The third kappa shape index (κ3) is 3.01. The van der Waals surface area contributed by atoms with Crippen molar-refractivity contribution in [1.29, 1.82) is 0 Å². The van der Waals surface area contributed by atoms with E-state index in [4.69, 9.17) is 0 Å². The van der Waals surface area contributed by atoms with Crippen LogP contribution in [0.3, 0.4) is 0 Å². The first-order valence-corrected chi connectivity index (χ1v) is 3.73. The fourth-order valence-electron chi connectivity index (χ4n) is 0.982. The number of hydrogen-bond donors (Lipinski definition) is 0. The van der Waals surface area contributed by atoms with Crippen LogP contribution in [0.5, 0.6) is 5.75 Å². The molecule has 0 radical (unpaired) electrons. The predicted molar refractivity (Wildman–Crippen MR) is 38.0 cm³/mol. The van der Waals surface area contributed by atoms with E-state index in [0.717, 1.165) is 0 Å². The van der Waals surface area contributed by atoms with E-state index in [9.17, 15) is 30.7 Å². The molecule has 0 N–H and O–H groups in total. The Morgan fingerprint density at radius 1 is 1.06 bits per heavy atom. The molecule has 1 rings (SSSR count). The molecule has 1 aromatic rings. The molecule has 8 heteroatoms. The molecule has 90 valence electrons. The quantitative estimate of drug-likeness (QED) is 0.723. The Labute approximate surface area is 84.4 Å². The van der Waals surface area contributed by atoms with Crippen LogP contribution >= 0.6 is 0 Å². The molecule has 0 atom stereocenters. The maximum Gasteiger partial charge on any atom is 0.573 e. The number of hydrogen-bond acceptors (Lipinski definition) is 1. The minimum absolute atomic E-state index is 0.0397. The summed E-state index contributed by atoms with van der Waals surface area (Å²) >= 11 is 0. The molecular formula is C8H3F7O. The summed E-state index contributed by atoms with van der Waals surface area (Å²) in [6, 6.07) is 0.0861. The monoisotopic (exact) mass is 248 g/mol. The lowest BCUT2D eigenvalue weighted by Crippen LogP contribution is -2.18. The van der Waals surface area contributed by atoms with Gasteiger partial charge in [-0.2, -0.15) is 0 Å². The van der Waals surface area contributed by atoms with Crippen LogP contribution in [0, 0.1) is 11.6 Å². The zero-order valence-electron chi connectivity index (χ0n) is 7.29. The number of halogens is 7. The summed E-state index contributed by atoms with van der Waals surface area (Å²) in [4.78, 5) is 0. The standard InChI is InChI=1S/C8H3F7O/c9-3-1-4(10)6(7(11)12)5(2-3)16-8(13,14)15/h1-2,7H. The fourth-order valence-corrected chi connectivity index (χ4v) is 0.982. The van der Waals surface area contributed by atoms with Crippen LogP contribution in [-0.4, -0.2) is 6.36 Å². The van der Waals surface area contributed by atoms with Gasteiger partial charge in [-0.3, -0.25) is 0 Å². The molecule has 1 nitrogen and oxygen atoms in total. The second-order valence-electron chi connectivity index (χ2n) is 2.65. The summed E-state index contributed by atoms with van der Waals surface area (Å²) < 4.78 is 88.0. The normalized spacial score (nSPS) is 12.0. The first-order valence-electron chi connectivity index (χ1n) is 3.73. The second kappa shape index (κ2) is 4.18. The molecule has 0 spiro atoms. The van der Waals surface area contributed by atoms with Crippen LogP contribution in [0.1, 0.15) is 12.0 Å². The summed E-state index contributed by atoms with van der Waals surface area (Å²) in [5.74, 6) is -4.82. The molecule has 0 aromatic heterocycles. The van der Waals surface area contributed by atoms with Crippen molar-refractivity contribution in [3.63, 3.8) is 0 Å². The largest absolute Gasteiger partial charge is 0.573 e. The Morgan fingerprint density at radius 3 is 2.06 bits per heavy atom. The van der Waals surface area contributed by atoms with Gasteiger partial charge >= 0.3 is 6.36 Å². The van der Waals surface area contributed by atoms with Gasteiger partial charge in [-0.25, -0.2) is 17.6 Å². The summed E-state index contributed by atoms with van der Waals surface area (Å²) in [6.45, 7) is 0. The van der Waals surface area contributed by atoms with Gasteiger partial charge < -0.3 is 4.74 Å². The Kier molecular flexibility index (Phi) is 3.30. The average molecular weight is 248 g/mol. The van der Waals surface area contributed by atoms with Gasteiger partial charge in [0.15, 0.2) is 0 Å². The Morgan fingerprint density at radius 2 is 1.62 bits per heavy atom. The fraction of sp³-hybridized carbons (Fsp3) is 0.250. The zero-order valence-corrected chi connectivity index (χ0v) is 7.29. The number of rotatable bonds is 2. The second-order valence-corrected chi connectivity index (χ2v) is 2.65. The van der Waals surface area contributed by atoms with Crippen LogP contribution in [0.15, 0.2) is 12.1 Å². The van der Waals surface area contributed by atoms with E-state index < -0.39 is 35.7 Å².